The standard InChI is InChI=1S/C16H34N4O2S.HI/c1-5-15(20-10-7-8-11-20)13-18-16(17-6-2)19-14(3)9-12-23(4,21)22;/h14-15H,5-13H2,1-4H3,(H2,17,18,19);1H. The molecule has 8 heteroatoms. The Labute approximate surface area is 165 Å². The van der Waals surface area contributed by atoms with E-state index in [0.29, 0.717) is 12.5 Å². The number of guanidine groups is 1. The zero-order chi connectivity index (χ0) is 17.3. The molecule has 2 atom stereocenters. The van der Waals surface area contributed by atoms with Gasteiger partial charge in [-0.05, 0) is 52.6 Å². The SMILES string of the molecule is CCNC(=NCC(CC)N1CCCC1)NC(C)CCS(C)(=O)=O.I. The molecule has 0 saturated carbocycles. The molecule has 0 radical (unpaired) electrons. The molecule has 24 heavy (non-hydrogen) atoms. The Bertz CT molecular complexity index is 465. The van der Waals surface area contributed by atoms with Crippen LogP contribution in [0.2, 0.25) is 0 Å². The Balaban J connectivity index is 0.00000529. The molecule has 0 spiro atoms. The predicted octanol–water partition coefficient (Wildman–Crippen LogP) is 1.86. The van der Waals surface area contributed by atoms with E-state index in [2.05, 4.69) is 22.5 Å². The van der Waals surface area contributed by atoms with Crippen molar-refractivity contribution in [2.45, 2.75) is 58.5 Å². The Morgan fingerprint density at radius 1 is 1.25 bits per heavy atom. The van der Waals surface area contributed by atoms with Crippen molar-refractivity contribution >= 4 is 39.8 Å². The van der Waals surface area contributed by atoms with Crippen LogP contribution in [-0.2, 0) is 9.84 Å². The van der Waals surface area contributed by atoms with Crippen molar-refractivity contribution in [2.24, 2.45) is 4.99 Å². The molecular weight excluding hydrogens is 439 g/mol. The van der Waals surface area contributed by atoms with Gasteiger partial charge in [-0.3, -0.25) is 9.89 Å². The summed E-state index contributed by atoms with van der Waals surface area (Å²) in [6, 6.07) is 0.577. The first-order chi connectivity index (χ1) is 10.9. The summed E-state index contributed by atoms with van der Waals surface area (Å²) in [5, 5.41) is 6.57. The first-order valence-electron chi connectivity index (χ1n) is 8.82. The van der Waals surface area contributed by atoms with Crippen LogP contribution in [0, 0.1) is 0 Å². The number of nitrogens with zero attached hydrogens (tertiary/aromatic N) is 2. The summed E-state index contributed by atoms with van der Waals surface area (Å²) in [4.78, 5) is 7.24. The lowest BCUT2D eigenvalue weighted by molar-refractivity contribution is 0.242. The van der Waals surface area contributed by atoms with Crippen molar-refractivity contribution < 1.29 is 8.42 Å². The third-order valence-corrected chi connectivity index (χ3v) is 5.21. The van der Waals surface area contributed by atoms with Gasteiger partial charge in [-0.2, -0.15) is 0 Å². The molecule has 0 aromatic carbocycles. The summed E-state index contributed by atoms with van der Waals surface area (Å²) in [7, 11) is -2.91. The second-order valence-corrected chi connectivity index (χ2v) is 8.75. The fraction of sp³-hybridized carbons (Fsp3) is 0.938. The third-order valence-electron chi connectivity index (χ3n) is 4.24. The molecule has 1 rings (SSSR count). The number of hydrogen-bond donors (Lipinski definition) is 2. The van der Waals surface area contributed by atoms with E-state index in [1.165, 1.54) is 32.2 Å². The van der Waals surface area contributed by atoms with Gasteiger partial charge in [-0.15, -0.1) is 24.0 Å². The number of aliphatic imine (C=N–C) groups is 1. The highest BCUT2D eigenvalue weighted by Crippen LogP contribution is 2.14. The molecule has 1 heterocycles. The van der Waals surface area contributed by atoms with Crippen molar-refractivity contribution in [3.8, 4) is 0 Å². The van der Waals surface area contributed by atoms with Gasteiger partial charge in [0.15, 0.2) is 5.96 Å². The predicted molar refractivity (Wildman–Crippen MR) is 113 cm³/mol. The van der Waals surface area contributed by atoms with Gasteiger partial charge in [0.05, 0.1) is 12.3 Å². The summed E-state index contributed by atoms with van der Waals surface area (Å²) in [6.07, 6.45) is 5.56. The van der Waals surface area contributed by atoms with Crippen molar-refractivity contribution in [3.05, 3.63) is 0 Å². The molecule has 6 nitrogen and oxygen atoms in total. The summed E-state index contributed by atoms with van der Waals surface area (Å²) in [5.74, 6) is 0.984. The first kappa shape index (κ1) is 23.9. The number of likely N-dealkylation sites (tertiary alicyclic amines) is 1. The van der Waals surface area contributed by atoms with E-state index in [4.69, 9.17) is 4.99 Å². The molecule has 2 N–H and O–H groups in total. The van der Waals surface area contributed by atoms with Gasteiger partial charge in [0, 0.05) is 24.9 Å². The van der Waals surface area contributed by atoms with Crippen LogP contribution in [0.4, 0.5) is 0 Å². The van der Waals surface area contributed by atoms with Crippen LogP contribution in [0.5, 0.6) is 0 Å². The molecule has 144 valence electrons. The maximum Gasteiger partial charge on any atom is 0.191 e. The van der Waals surface area contributed by atoms with Gasteiger partial charge in [-0.1, -0.05) is 6.92 Å². The van der Waals surface area contributed by atoms with Crippen LogP contribution >= 0.6 is 24.0 Å². The van der Waals surface area contributed by atoms with Gasteiger partial charge in [0.25, 0.3) is 0 Å². The van der Waals surface area contributed by atoms with E-state index >= 15 is 0 Å². The Hall–Kier alpha value is -0.0900. The third kappa shape index (κ3) is 10.0. The lowest BCUT2D eigenvalue weighted by Crippen LogP contribution is -2.44. The summed E-state index contributed by atoms with van der Waals surface area (Å²) >= 11 is 0. The normalized spacial score (nSPS) is 18.8. The fourth-order valence-corrected chi connectivity index (χ4v) is 3.60. The monoisotopic (exact) mass is 474 g/mol. The highest BCUT2D eigenvalue weighted by atomic mass is 127. The van der Waals surface area contributed by atoms with Crippen molar-refractivity contribution in [3.63, 3.8) is 0 Å². The smallest absolute Gasteiger partial charge is 0.191 e. The minimum Gasteiger partial charge on any atom is -0.357 e. The minimum atomic E-state index is -2.91. The number of rotatable bonds is 9. The van der Waals surface area contributed by atoms with Crippen LogP contribution in [0.3, 0.4) is 0 Å². The van der Waals surface area contributed by atoms with E-state index < -0.39 is 9.84 Å². The van der Waals surface area contributed by atoms with Crippen LogP contribution in [-0.4, -0.2) is 69.5 Å². The van der Waals surface area contributed by atoms with E-state index in [1.807, 2.05) is 13.8 Å². The first-order valence-corrected chi connectivity index (χ1v) is 10.9. The van der Waals surface area contributed by atoms with Gasteiger partial charge in [-0.25, -0.2) is 8.42 Å². The molecule has 0 amide bonds. The van der Waals surface area contributed by atoms with Crippen LogP contribution < -0.4 is 10.6 Å². The number of sulfone groups is 1. The lowest BCUT2D eigenvalue weighted by Gasteiger charge is -2.25. The van der Waals surface area contributed by atoms with Crippen LogP contribution in [0.15, 0.2) is 4.99 Å². The van der Waals surface area contributed by atoms with Crippen LogP contribution in [0.25, 0.3) is 0 Å². The maximum absolute atomic E-state index is 11.3. The van der Waals surface area contributed by atoms with E-state index in [1.54, 1.807) is 0 Å². The Morgan fingerprint density at radius 3 is 2.38 bits per heavy atom. The summed E-state index contributed by atoms with van der Waals surface area (Å²) in [6.45, 7) is 10.2. The molecule has 1 fully saturated rings. The van der Waals surface area contributed by atoms with E-state index in [-0.39, 0.29) is 35.8 Å². The van der Waals surface area contributed by atoms with Gasteiger partial charge in [0.1, 0.15) is 9.84 Å². The average Bonchev–Trinajstić information content (AvgIpc) is 2.99. The zero-order valence-electron chi connectivity index (χ0n) is 15.5. The van der Waals surface area contributed by atoms with E-state index in [9.17, 15) is 8.42 Å². The molecule has 2 unspecified atom stereocenters. The fourth-order valence-electron chi connectivity index (χ4n) is 2.82. The second-order valence-electron chi connectivity index (χ2n) is 6.49. The molecule has 1 aliphatic heterocycles. The lowest BCUT2D eigenvalue weighted by atomic mass is 10.2. The molecule has 0 bridgehead atoms. The molecule has 0 aromatic heterocycles. The molecule has 0 aromatic rings. The molecule has 1 saturated heterocycles. The number of halogens is 1. The summed E-state index contributed by atoms with van der Waals surface area (Å²) < 4.78 is 22.5. The maximum atomic E-state index is 11.3. The Morgan fingerprint density at radius 2 is 1.88 bits per heavy atom. The van der Waals surface area contributed by atoms with Crippen LogP contribution in [0.1, 0.15) is 46.5 Å². The Kier molecular flexibility index (Phi) is 12.2. The number of nitrogens with one attached hydrogen (secondary N) is 2. The average molecular weight is 474 g/mol. The van der Waals surface area contributed by atoms with Crippen molar-refractivity contribution in [1.29, 1.82) is 0 Å². The van der Waals surface area contributed by atoms with Crippen molar-refractivity contribution in [2.75, 3.05) is 38.2 Å². The largest absolute Gasteiger partial charge is 0.357 e. The quantitative estimate of drug-likeness (QED) is 0.303. The van der Waals surface area contributed by atoms with Gasteiger partial charge >= 0.3 is 0 Å². The highest BCUT2D eigenvalue weighted by molar-refractivity contribution is 14.0. The molecule has 0 aliphatic carbocycles. The van der Waals surface area contributed by atoms with Crippen molar-refractivity contribution in [1.82, 2.24) is 15.5 Å². The summed E-state index contributed by atoms with van der Waals surface area (Å²) in [5.41, 5.74) is 0. The minimum absolute atomic E-state index is 0. The molecular formula is C16H35IN4O2S. The topological polar surface area (TPSA) is 73.8 Å². The van der Waals surface area contributed by atoms with E-state index in [0.717, 1.165) is 25.5 Å². The number of hydrogen-bond acceptors (Lipinski definition) is 4. The van der Waals surface area contributed by atoms with Gasteiger partial charge in [0.2, 0.25) is 0 Å². The zero-order valence-corrected chi connectivity index (χ0v) is 18.7. The second kappa shape index (κ2) is 12.3. The highest BCUT2D eigenvalue weighted by Gasteiger charge is 2.20. The molecule has 1 aliphatic rings. The van der Waals surface area contributed by atoms with Gasteiger partial charge < -0.3 is 10.6 Å².